The van der Waals surface area contributed by atoms with Gasteiger partial charge in [0.2, 0.25) is 0 Å². The second kappa shape index (κ2) is 7.76. The van der Waals surface area contributed by atoms with E-state index in [1.165, 1.54) is 6.07 Å². The molecular formula is C22H22FN3O2. The van der Waals surface area contributed by atoms with E-state index in [-0.39, 0.29) is 11.8 Å². The lowest BCUT2D eigenvalue weighted by atomic mass is 9.99. The Morgan fingerprint density at radius 2 is 1.89 bits per heavy atom. The quantitative estimate of drug-likeness (QED) is 0.716. The summed E-state index contributed by atoms with van der Waals surface area (Å²) < 4.78 is 22.1. The molecule has 1 N–H and O–H groups in total. The molecule has 1 aliphatic heterocycles. The summed E-state index contributed by atoms with van der Waals surface area (Å²) in [7, 11) is 0. The Labute approximate surface area is 163 Å². The summed E-state index contributed by atoms with van der Waals surface area (Å²) in [6.07, 6.45) is 1.96. The van der Waals surface area contributed by atoms with Crippen LogP contribution in [0.5, 0.6) is 5.75 Å². The molecule has 1 unspecified atom stereocenters. The van der Waals surface area contributed by atoms with E-state index < -0.39 is 6.04 Å². The van der Waals surface area contributed by atoms with Crippen molar-refractivity contribution in [1.29, 1.82) is 0 Å². The summed E-state index contributed by atoms with van der Waals surface area (Å²) in [6, 6.07) is 17.0. The molecule has 0 saturated heterocycles. The normalized spacial score (nSPS) is 15.8. The van der Waals surface area contributed by atoms with Gasteiger partial charge in [0, 0.05) is 36.2 Å². The average molecular weight is 379 g/mol. The molecule has 2 aromatic carbocycles. The number of carbonyl (C=O) groups is 1. The van der Waals surface area contributed by atoms with Gasteiger partial charge in [0.25, 0.3) is 0 Å². The maximum atomic E-state index is 14.6. The first-order chi connectivity index (χ1) is 13.7. The van der Waals surface area contributed by atoms with E-state index in [4.69, 9.17) is 4.74 Å². The molecule has 1 aromatic heterocycles. The number of nitrogens with one attached hydrogen (secondary N) is 1. The first kappa shape index (κ1) is 18.1. The summed E-state index contributed by atoms with van der Waals surface area (Å²) in [5.74, 6) is 0.432. The second-order valence-corrected chi connectivity index (χ2v) is 6.63. The molecule has 0 bridgehead atoms. The molecule has 2 amide bonds. The molecule has 5 nitrogen and oxygen atoms in total. The fourth-order valence-electron chi connectivity index (χ4n) is 3.62. The van der Waals surface area contributed by atoms with Crippen molar-refractivity contribution in [3.05, 3.63) is 83.9 Å². The number of urea groups is 1. The van der Waals surface area contributed by atoms with E-state index in [9.17, 15) is 9.18 Å². The number of hydrogen-bond acceptors (Lipinski definition) is 2. The minimum absolute atomic E-state index is 0.259. The zero-order valence-corrected chi connectivity index (χ0v) is 15.6. The van der Waals surface area contributed by atoms with Gasteiger partial charge in [-0.1, -0.05) is 18.2 Å². The monoisotopic (exact) mass is 379 g/mol. The summed E-state index contributed by atoms with van der Waals surface area (Å²) in [5, 5.41) is 2.92. The minimum atomic E-state index is -0.479. The maximum absolute atomic E-state index is 14.6. The van der Waals surface area contributed by atoms with Crippen molar-refractivity contribution in [3.63, 3.8) is 0 Å². The summed E-state index contributed by atoms with van der Waals surface area (Å²) in [5.41, 5.74) is 2.06. The zero-order valence-electron chi connectivity index (χ0n) is 15.6. The number of aromatic nitrogens is 1. The number of nitrogens with zero attached hydrogens (tertiary/aromatic N) is 2. The van der Waals surface area contributed by atoms with Gasteiger partial charge in [-0.25, -0.2) is 9.18 Å². The number of rotatable bonds is 4. The molecule has 1 atom stereocenters. The van der Waals surface area contributed by atoms with Crippen LogP contribution in [0.4, 0.5) is 14.9 Å². The molecule has 0 saturated carbocycles. The van der Waals surface area contributed by atoms with Crippen LogP contribution in [0, 0.1) is 5.82 Å². The smallest absolute Gasteiger partial charge is 0.322 e. The van der Waals surface area contributed by atoms with E-state index in [1.54, 1.807) is 35.2 Å². The molecule has 28 heavy (non-hydrogen) atoms. The zero-order chi connectivity index (χ0) is 19.5. The predicted octanol–water partition coefficient (Wildman–Crippen LogP) is 4.66. The molecule has 0 spiro atoms. The van der Waals surface area contributed by atoms with Crippen molar-refractivity contribution < 1.29 is 13.9 Å². The van der Waals surface area contributed by atoms with Gasteiger partial charge in [-0.05, 0) is 49.4 Å². The van der Waals surface area contributed by atoms with Crippen LogP contribution in [-0.2, 0) is 6.54 Å². The van der Waals surface area contributed by atoms with Gasteiger partial charge in [-0.15, -0.1) is 0 Å². The van der Waals surface area contributed by atoms with E-state index in [1.807, 2.05) is 37.4 Å². The number of hydrogen-bond donors (Lipinski definition) is 1. The topological polar surface area (TPSA) is 46.5 Å². The second-order valence-electron chi connectivity index (χ2n) is 6.63. The number of anilines is 1. The molecule has 0 radical (unpaired) electrons. The molecule has 0 fully saturated rings. The average Bonchev–Trinajstić information content (AvgIpc) is 3.18. The number of amides is 2. The SMILES string of the molecule is CCOc1ccc(NC(=O)N2CCn3cccc3C2c2ccccc2F)cc1. The van der Waals surface area contributed by atoms with Crippen molar-refractivity contribution in [2.45, 2.75) is 19.5 Å². The van der Waals surface area contributed by atoms with Crippen LogP contribution >= 0.6 is 0 Å². The molecule has 6 heteroatoms. The van der Waals surface area contributed by atoms with E-state index in [0.29, 0.717) is 30.9 Å². The van der Waals surface area contributed by atoms with Crippen LogP contribution in [0.2, 0.25) is 0 Å². The van der Waals surface area contributed by atoms with Crippen LogP contribution in [0.25, 0.3) is 0 Å². The largest absolute Gasteiger partial charge is 0.494 e. The summed E-state index contributed by atoms with van der Waals surface area (Å²) in [4.78, 5) is 14.7. The highest BCUT2D eigenvalue weighted by atomic mass is 19.1. The predicted molar refractivity (Wildman–Crippen MR) is 106 cm³/mol. The Morgan fingerprint density at radius 1 is 1.11 bits per heavy atom. The lowest BCUT2D eigenvalue weighted by molar-refractivity contribution is 0.180. The number of fused-ring (bicyclic) bond motifs is 1. The Balaban J connectivity index is 1.62. The van der Waals surface area contributed by atoms with E-state index >= 15 is 0 Å². The maximum Gasteiger partial charge on any atom is 0.322 e. The third-order valence-electron chi connectivity index (χ3n) is 4.92. The van der Waals surface area contributed by atoms with Crippen LogP contribution in [-0.4, -0.2) is 28.6 Å². The fraction of sp³-hybridized carbons (Fsp3) is 0.227. The van der Waals surface area contributed by atoms with Gasteiger partial charge in [-0.3, -0.25) is 0 Å². The number of benzene rings is 2. The Morgan fingerprint density at radius 3 is 2.64 bits per heavy atom. The van der Waals surface area contributed by atoms with Gasteiger partial charge in [0.1, 0.15) is 17.6 Å². The molecule has 1 aliphatic rings. The number of carbonyl (C=O) groups excluding carboxylic acids is 1. The lowest BCUT2D eigenvalue weighted by Gasteiger charge is -2.37. The fourth-order valence-corrected chi connectivity index (χ4v) is 3.62. The van der Waals surface area contributed by atoms with Gasteiger partial charge < -0.3 is 19.5 Å². The minimum Gasteiger partial charge on any atom is -0.494 e. The van der Waals surface area contributed by atoms with Crippen molar-refractivity contribution in [1.82, 2.24) is 9.47 Å². The van der Waals surface area contributed by atoms with Gasteiger partial charge >= 0.3 is 6.03 Å². The number of halogens is 1. The van der Waals surface area contributed by atoms with Gasteiger partial charge in [-0.2, -0.15) is 0 Å². The first-order valence-corrected chi connectivity index (χ1v) is 9.37. The highest BCUT2D eigenvalue weighted by Gasteiger charge is 2.33. The van der Waals surface area contributed by atoms with Crippen LogP contribution in [0.3, 0.4) is 0 Å². The Kier molecular flexibility index (Phi) is 5.02. The standard InChI is InChI=1S/C22H22FN3O2/c1-2-28-17-11-9-16(10-12-17)24-22(27)26-15-14-25-13-5-8-20(25)21(26)18-6-3-4-7-19(18)23/h3-13,21H,2,14-15H2,1H3,(H,24,27). The van der Waals surface area contributed by atoms with Crippen molar-refractivity contribution in [3.8, 4) is 5.75 Å². The van der Waals surface area contributed by atoms with Crippen LogP contribution in [0.1, 0.15) is 24.2 Å². The Hall–Kier alpha value is -3.28. The van der Waals surface area contributed by atoms with E-state index in [2.05, 4.69) is 9.88 Å². The van der Waals surface area contributed by atoms with Crippen LogP contribution in [0.15, 0.2) is 66.9 Å². The molecule has 2 heterocycles. The number of ether oxygens (including phenoxy) is 1. The van der Waals surface area contributed by atoms with E-state index in [0.717, 1.165) is 11.4 Å². The van der Waals surface area contributed by atoms with Gasteiger partial charge in [0.15, 0.2) is 0 Å². The summed E-state index contributed by atoms with van der Waals surface area (Å²) in [6.45, 7) is 3.67. The van der Waals surface area contributed by atoms with Crippen molar-refractivity contribution >= 4 is 11.7 Å². The Bertz CT molecular complexity index is 968. The molecular weight excluding hydrogens is 357 g/mol. The lowest BCUT2D eigenvalue weighted by Crippen LogP contribution is -2.44. The van der Waals surface area contributed by atoms with Crippen molar-refractivity contribution in [2.24, 2.45) is 0 Å². The van der Waals surface area contributed by atoms with Crippen LogP contribution < -0.4 is 10.1 Å². The third-order valence-corrected chi connectivity index (χ3v) is 4.92. The first-order valence-electron chi connectivity index (χ1n) is 9.37. The molecule has 144 valence electrons. The third kappa shape index (κ3) is 3.45. The highest BCUT2D eigenvalue weighted by molar-refractivity contribution is 5.90. The molecule has 4 rings (SSSR count). The van der Waals surface area contributed by atoms with Crippen molar-refractivity contribution in [2.75, 3.05) is 18.5 Å². The molecule has 0 aliphatic carbocycles. The molecule has 3 aromatic rings. The summed E-state index contributed by atoms with van der Waals surface area (Å²) >= 11 is 0. The van der Waals surface area contributed by atoms with Gasteiger partial charge in [0.05, 0.1) is 6.61 Å². The highest BCUT2D eigenvalue weighted by Crippen LogP contribution is 2.34.